The number of carbonyl (C=O) groups is 1. The van der Waals surface area contributed by atoms with E-state index in [0.29, 0.717) is 18.0 Å². The van der Waals surface area contributed by atoms with E-state index in [1.165, 1.54) is 0 Å². The minimum atomic E-state index is -3.61. The molecular formula is C24H30NO6P. The molecule has 1 aliphatic rings. The summed E-state index contributed by atoms with van der Waals surface area (Å²) in [6.07, 6.45) is 2.17. The van der Waals surface area contributed by atoms with Gasteiger partial charge >= 0.3 is 7.60 Å². The van der Waals surface area contributed by atoms with Crippen LogP contribution in [-0.4, -0.2) is 43.9 Å². The lowest BCUT2D eigenvalue weighted by Gasteiger charge is -2.22. The van der Waals surface area contributed by atoms with E-state index in [-0.39, 0.29) is 25.5 Å². The van der Waals surface area contributed by atoms with Crippen molar-refractivity contribution in [3.63, 3.8) is 0 Å². The van der Waals surface area contributed by atoms with E-state index < -0.39 is 13.3 Å². The van der Waals surface area contributed by atoms with Crippen molar-refractivity contribution in [1.29, 1.82) is 0 Å². The van der Waals surface area contributed by atoms with E-state index >= 15 is 0 Å². The SMILES string of the molecule is CCOP(=O)(OCC)C1C/C(=C\c2ccc(OC)c(OC)c2)N(Cc2ccccc2)C1=O. The minimum absolute atomic E-state index is 0.203. The van der Waals surface area contributed by atoms with Crippen molar-refractivity contribution in [1.82, 2.24) is 4.90 Å². The Kier molecular flexibility index (Phi) is 8.13. The molecule has 2 aromatic carbocycles. The Morgan fingerprint density at radius 1 is 1.00 bits per heavy atom. The summed E-state index contributed by atoms with van der Waals surface area (Å²) in [6.45, 7) is 4.26. The van der Waals surface area contributed by atoms with Crippen LogP contribution >= 0.6 is 7.60 Å². The van der Waals surface area contributed by atoms with Crippen molar-refractivity contribution in [2.75, 3.05) is 27.4 Å². The molecule has 0 aromatic heterocycles. The lowest BCUT2D eigenvalue weighted by Crippen LogP contribution is -2.29. The number of methoxy groups -OCH3 is 2. The third-order valence-corrected chi connectivity index (χ3v) is 7.63. The fraction of sp³-hybridized carbons (Fsp3) is 0.375. The zero-order valence-corrected chi connectivity index (χ0v) is 19.8. The molecule has 0 spiro atoms. The maximum Gasteiger partial charge on any atom is 0.343 e. The van der Waals surface area contributed by atoms with E-state index in [1.807, 2.05) is 54.6 Å². The number of benzene rings is 2. The van der Waals surface area contributed by atoms with Gasteiger partial charge in [-0.1, -0.05) is 36.4 Å². The molecule has 3 rings (SSSR count). The highest BCUT2D eigenvalue weighted by atomic mass is 31.2. The standard InChI is InChI=1S/C24H30NO6P/c1-5-30-32(27,31-6-2)23-16-20(14-19-12-13-21(28-3)22(15-19)29-4)25(24(23)26)17-18-10-8-7-9-11-18/h7-15,23H,5-6,16-17H2,1-4H3/b20-14+. The minimum Gasteiger partial charge on any atom is -0.493 e. The predicted octanol–water partition coefficient (Wildman–Crippen LogP) is 5.11. The molecule has 1 aliphatic heterocycles. The zero-order chi connectivity index (χ0) is 23.1. The van der Waals surface area contributed by atoms with Gasteiger partial charge in [0, 0.05) is 12.1 Å². The van der Waals surface area contributed by atoms with Gasteiger partial charge in [0.1, 0.15) is 5.66 Å². The van der Waals surface area contributed by atoms with E-state index in [0.717, 1.165) is 16.8 Å². The number of carbonyl (C=O) groups excluding carboxylic acids is 1. The predicted molar refractivity (Wildman–Crippen MR) is 124 cm³/mol. The van der Waals surface area contributed by atoms with Gasteiger partial charge in [-0.2, -0.15) is 0 Å². The lowest BCUT2D eigenvalue weighted by molar-refractivity contribution is -0.127. The highest BCUT2D eigenvalue weighted by molar-refractivity contribution is 7.55. The largest absolute Gasteiger partial charge is 0.493 e. The van der Waals surface area contributed by atoms with Crippen LogP contribution in [0.3, 0.4) is 0 Å². The highest BCUT2D eigenvalue weighted by Gasteiger charge is 2.49. The van der Waals surface area contributed by atoms with Crippen molar-refractivity contribution in [2.45, 2.75) is 32.5 Å². The number of rotatable bonds is 10. The summed E-state index contributed by atoms with van der Waals surface area (Å²) in [7, 11) is -0.456. The molecular weight excluding hydrogens is 429 g/mol. The molecule has 1 fully saturated rings. The van der Waals surface area contributed by atoms with Gasteiger partial charge in [0.2, 0.25) is 5.91 Å². The van der Waals surface area contributed by atoms with Crippen LogP contribution in [0.15, 0.2) is 54.2 Å². The molecule has 0 saturated carbocycles. The Hall–Kier alpha value is -2.60. The molecule has 1 amide bonds. The molecule has 0 radical (unpaired) electrons. The molecule has 2 aromatic rings. The van der Waals surface area contributed by atoms with E-state index in [1.54, 1.807) is 33.0 Å². The third-order valence-electron chi connectivity index (χ3n) is 5.22. The van der Waals surface area contributed by atoms with E-state index in [4.69, 9.17) is 18.5 Å². The number of likely N-dealkylation sites (tertiary alicyclic amines) is 1. The van der Waals surface area contributed by atoms with Gasteiger partial charge in [0.05, 0.1) is 34.0 Å². The Labute approximate surface area is 189 Å². The van der Waals surface area contributed by atoms with Crippen molar-refractivity contribution in [3.05, 3.63) is 65.4 Å². The zero-order valence-electron chi connectivity index (χ0n) is 18.9. The summed E-state index contributed by atoms with van der Waals surface area (Å²) in [6, 6.07) is 15.2. The number of nitrogens with zero attached hydrogens (tertiary/aromatic N) is 1. The number of allylic oxidation sites excluding steroid dienone is 1. The second-order valence-electron chi connectivity index (χ2n) is 7.26. The average molecular weight is 459 g/mol. The van der Waals surface area contributed by atoms with Crippen LogP contribution in [0.5, 0.6) is 11.5 Å². The first-order valence-electron chi connectivity index (χ1n) is 10.6. The summed E-state index contributed by atoms with van der Waals surface area (Å²) in [5.74, 6) is 0.950. The summed E-state index contributed by atoms with van der Waals surface area (Å²) in [5.41, 5.74) is 1.68. The van der Waals surface area contributed by atoms with Crippen LogP contribution in [0.1, 0.15) is 31.4 Å². The Morgan fingerprint density at radius 3 is 2.25 bits per heavy atom. The molecule has 172 valence electrons. The quantitative estimate of drug-likeness (QED) is 0.460. The van der Waals surface area contributed by atoms with Crippen LogP contribution < -0.4 is 9.47 Å². The van der Waals surface area contributed by atoms with Gasteiger partial charge in [-0.05, 0) is 43.2 Å². The fourth-order valence-corrected chi connectivity index (χ4v) is 5.73. The van der Waals surface area contributed by atoms with Crippen molar-refractivity contribution in [3.8, 4) is 11.5 Å². The molecule has 1 unspecified atom stereocenters. The van der Waals surface area contributed by atoms with Gasteiger partial charge in [-0.3, -0.25) is 9.36 Å². The fourth-order valence-electron chi connectivity index (χ4n) is 3.76. The molecule has 1 heterocycles. The molecule has 32 heavy (non-hydrogen) atoms. The van der Waals surface area contributed by atoms with Crippen LogP contribution in [0.4, 0.5) is 0 Å². The number of ether oxygens (including phenoxy) is 2. The first kappa shape index (κ1) is 24.1. The number of hydrogen-bond acceptors (Lipinski definition) is 6. The Bertz CT molecular complexity index is 997. The monoisotopic (exact) mass is 459 g/mol. The van der Waals surface area contributed by atoms with Crippen molar-refractivity contribution >= 4 is 19.6 Å². The summed E-state index contributed by atoms with van der Waals surface area (Å²) in [5, 5.41) is 0. The smallest absolute Gasteiger partial charge is 0.343 e. The second-order valence-corrected chi connectivity index (χ2v) is 9.47. The summed E-state index contributed by atoms with van der Waals surface area (Å²) in [4.78, 5) is 15.1. The van der Waals surface area contributed by atoms with Crippen LogP contribution in [0.25, 0.3) is 6.08 Å². The average Bonchev–Trinajstić information content (AvgIpc) is 3.10. The Morgan fingerprint density at radius 2 is 1.66 bits per heavy atom. The number of hydrogen-bond donors (Lipinski definition) is 0. The van der Waals surface area contributed by atoms with Gasteiger partial charge in [-0.15, -0.1) is 0 Å². The lowest BCUT2D eigenvalue weighted by atomic mass is 10.1. The van der Waals surface area contributed by atoms with Gasteiger partial charge in [-0.25, -0.2) is 0 Å². The molecule has 8 heteroatoms. The van der Waals surface area contributed by atoms with Crippen molar-refractivity contribution < 1.29 is 27.9 Å². The highest BCUT2D eigenvalue weighted by Crippen LogP contribution is 2.58. The van der Waals surface area contributed by atoms with Gasteiger partial charge < -0.3 is 23.4 Å². The molecule has 0 N–H and O–H groups in total. The van der Waals surface area contributed by atoms with E-state index in [2.05, 4.69) is 0 Å². The summed E-state index contributed by atoms with van der Waals surface area (Å²) >= 11 is 0. The number of amides is 1. The van der Waals surface area contributed by atoms with Gasteiger partial charge in [0.25, 0.3) is 0 Å². The molecule has 7 nitrogen and oxygen atoms in total. The molecule has 0 bridgehead atoms. The molecule has 1 saturated heterocycles. The summed E-state index contributed by atoms with van der Waals surface area (Å²) < 4.78 is 35.2. The van der Waals surface area contributed by atoms with Crippen molar-refractivity contribution in [2.24, 2.45) is 0 Å². The van der Waals surface area contributed by atoms with Crippen LogP contribution in [-0.2, 0) is 25.0 Å². The van der Waals surface area contributed by atoms with Crippen LogP contribution in [0.2, 0.25) is 0 Å². The maximum atomic E-state index is 13.5. The Balaban J connectivity index is 2.01. The second kappa shape index (κ2) is 10.8. The normalized spacial score (nSPS) is 17.8. The van der Waals surface area contributed by atoms with E-state index in [9.17, 15) is 9.36 Å². The maximum absolute atomic E-state index is 13.5. The van der Waals surface area contributed by atoms with Gasteiger partial charge in [0.15, 0.2) is 11.5 Å². The molecule has 0 aliphatic carbocycles. The molecule has 1 atom stereocenters. The third kappa shape index (κ3) is 5.23. The first-order valence-corrected chi connectivity index (χ1v) is 12.2. The first-order chi connectivity index (χ1) is 15.5. The van der Waals surface area contributed by atoms with Crippen LogP contribution in [0, 0.1) is 0 Å². The topological polar surface area (TPSA) is 74.3 Å².